The van der Waals surface area contributed by atoms with E-state index in [1.165, 1.54) is 16.8 Å². The summed E-state index contributed by atoms with van der Waals surface area (Å²) in [6.07, 6.45) is 6.52. The van der Waals surface area contributed by atoms with E-state index >= 15 is 0 Å². The Morgan fingerprint density at radius 3 is 2.65 bits per heavy atom. The highest BCUT2D eigenvalue weighted by molar-refractivity contribution is 5.21. The van der Waals surface area contributed by atoms with Crippen LogP contribution < -0.4 is 11.2 Å². The Morgan fingerprint density at radius 2 is 2.10 bits per heavy atom. The van der Waals surface area contributed by atoms with Crippen molar-refractivity contribution in [1.82, 2.24) is 9.13 Å². The number of hydrogen-bond acceptors (Lipinski definition) is 3. The third-order valence-electron chi connectivity index (χ3n) is 2.74. The molecule has 1 heterocycles. The molecule has 108 valence electrons. The molecule has 1 aromatic heterocycles. The van der Waals surface area contributed by atoms with Gasteiger partial charge in [0, 0.05) is 18.3 Å². The zero-order valence-electron chi connectivity index (χ0n) is 11.9. The maximum Gasteiger partial charge on any atom is 0.333 e. The number of rotatable bonds is 7. The van der Waals surface area contributed by atoms with Crippen LogP contribution in [0.2, 0.25) is 0 Å². The van der Waals surface area contributed by atoms with Gasteiger partial charge in [-0.2, -0.15) is 0 Å². The van der Waals surface area contributed by atoms with E-state index in [4.69, 9.17) is 4.74 Å². The molecule has 0 aromatic carbocycles. The van der Waals surface area contributed by atoms with E-state index < -0.39 is 0 Å². The predicted molar refractivity (Wildman–Crippen MR) is 79.8 cm³/mol. The van der Waals surface area contributed by atoms with Gasteiger partial charge in [0.05, 0.1) is 6.61 Å². The molecule has 0 fully saturated rings. The molecule has 5 heteroatoms. The Bertz CT molecular complexity index is 621. The molecule has 0 aliphatic rings. The largest absolute Gasteiger partial charge is 0.356 e. The number of nitrogens with zero attached hydrogens (tertiary/aromatic N) is 2. The van der Waals surface area contributed by atoms with E-state index in [9.17, 15) is 9.59 Å². The molecule has 0 spiro atoms. The zero-order chi connectivity index (χ0) is 15.1. The molecule has 1 aromatic rings. The zero-order valence-corrected chi connectivity index (χ0v) is 11.9. The lowest BCUT2D eigenvalue weighted by Crippen LogP contribution is -2.40. The van der Waals surface area contributed by atoms with Crippen LogP contribution in [0.4, 0.5) is 0 Å². The Balaban J connectivity index is 2.88. The normalized spacial score (nSPS) is 11.7. The van der Waals surface area contributed by atoms with Crippen LogP contribution in [-0.2, 0) is 11.5 Å². The molecule has 0 saturated carbocycles. The Morgan fingerprint density at radius 1 is 1.40 bits per heavy atom. The first-order chi connectivity index (χ1) is 9.51. The van der Waals surface area contributed by atoms with Crippen molar-refractivity contribution in [2.75, 3.05) is 6.61 Å². The average molecular weight is 276 g/mol. The molecular weight excluding hydrogens is 256 g/mol. The minimum atomic E-state index is -0.375. The van der Waals surface area contributed by atoms with Gasteiger partial charge in [-0.3, -0.25) is 9.36 Å². The van der Waals surface area contributed by atoms with Crippen molar-refractivity contribution in [3.05, 3.63) is 70.1 Å². The summed E-state index contributed by atoms with van der Waals surface area (Å²) in [4.78, 5) is 23.8. The van der Waals surface area contributed by atoms with Crippen molar-refractivity contribution in [3.8, 4) is 0 Å². The van der Waals surface area contributed by atoms with Crippen LogP contribution in [0, 0.1) is 0 Å². The summed E-state index contributed by atoms with van der Waals surface area (Å²) in [5.41, 5.74) is 0.0771. The van der Waals surface area contributed by atoms with Gasteiger partial charge in [-0.15, -0.1) is 0 Å². The van der Waals surface area contributed by atoms with Crippen LogP contribution in [0.25, 0.3) is 0 Å². The highest BCUT2D eigenvalue weighted by atomic mass is 16.5. The Kier molecular flexibility index (Phi) is 5.93. The summed E-state index contributed by atoms with van der Waals surface area (Å²) in [5, 5.41) is 0. The summed E-state index contributed by atoms with van der Waals surface area (Å²) in [5.74, 6) is 0. The molecule has 1 rings (SSSR count). The quantitative estimate of drug-likeness (QED) is 0.714. The standard InChI is InChI=1S/C15H20N2O3/c1-5-7-13(6-2)10-20-11-17-14(18)8-9-16(12(3)4)15(17)19/h5-9,12H,1-2,10-11H2,3-4H3/b13-7+. The van der Waals surface area contributed by atoms with E-state index in [1.54, 1.807) is 18.2 Å². The predicted octanol–water partition coefficient (Wildman–Crippen LogP) is 1.86. The first-order valence-corrected chi connectivity index (χ1v) is 6.35. The van der Waals surface area contributed by atoms with Crippen LogP contribution in [0.5, 0.6) is 0 Å². The molecule has 0 N–H and O–H groups in total. The molecule has 0 aliphatic heterocycles. The molecule has 0 saturated heterocycles. The second-order valence-corrected chi connectivity index (χ2v) is 4.52. The molecule has 20 heavy (non-hydrogen) atoms. The van der Waals surface area contributed by atoms with E-state index in [2.05, 4.69) is 13.2 Å². The fourth-order valence-electron chi connectivity index (χ4n) is 1.62. The topological polar surface area (TPSA) is 53.2 Å². The van der Waals surface area contributed by atoms with Crippen LogP contribution in [0.1, 0.15) is 19.9 Å². The van der Waals surface area contributed by atoms with Gasteiger partial charge in [-0.1, -0.05) is 31.4 Å². The summed E-state index contributed by atoms with van der Waals surface area (Å²) >= 11 is 0. The molecule has 0 unspecified atom stereocenters. The van der Waals surface area contributed by atoms with Crippen LogP contribution in [-0.4, -0.2) is 15.7 Å². The molecule has 5 nitrogen and oxygen atoms in total. The summed E-state index contributed by atoms with van der Waals surface area (Å²) in [7, 11) is 0. The van der Waals surface area contributed by atoms with Gasteiger partial charge in [0.25, 0.3) is 5.56 Å². The van der Waals surface area contributed by atoms with Crippen molar-refractivity contribution in [1.29, 1.82) is 0 Å². The average Bonchev–Trinajstić information content (AvgIpc) is 2.40. The lowest BCUT2D eigenvalue weighted by atomic mass is 10.2. The highest BCUT2D eigenvalue weighted by Crippen LogP contribution is 1.99. The van der Waals surface area contributed by atoms with E-state index in [0.717, 1.165) is 10.1 Å². The van der Waals surface area contributed by atoms with Crippen molar-refractivity contribution >= 4 is 0 Å². The van der Waals surface area contributed by atoms with Gasteiger partial charge in [-0.25, -0.2) is 9.36 Å². The van der Waals surface area contributed by atoms with Gasteiger partial charge < -0.3 is 4.74 Å². The fourth-order valence-corrected chi connectivity index (χ4v) is 1.62. The molecular formula is C15H20N2O3. The van der Waals surface area contributed by atoms with Crippen molar-refractivity contribution in [2.24, 2.45) is 0 Å². The molecule has 0 bridgehead atoms. The maximum atomic E-state index is 12.1. The van der Waals surface area contributed by atoms with Crippen molar-refractivity contribution in [3.63, 3.8) is 0 Å². The summed E-state index contributed by atoms with van der Waals surface area (Å²) in [6.45, 7) is 11.2. The van der Waals surface area contributed by atoms with Crippen LogP contribution in [0.3, 0.4) is 0 Å². The molecule has 0 radical (unpaired) electrons. The molecule has 0 aliphatic carbocycles. The number of hydrogen-bond donors (Lipinski definition) is 0. The fraction of sp³-hybridized carbons (Fsp3) is 0.333. The van der Waals surface area contributed by atoms with Gasteiger partial charge in [0.1, 0.15) is 6.73 Å². The Hall–Kier alpha value is -2.14. The lowest BCUT2D eigenvalue weighted by Gasteiger charge is -2.12. The lowest BCUT2D eigenvalue weighted by molar-refractivity contribution is 0.0891. The number of allylic oxidation sites excluding steroid dienone is 2. The second kappa shape index (κ2) is 7.45. The first kappa shape index (κ1) is 15.9. The highest BCUT2D eigenvalue weighted by Gasteiger charge is 2.07. The summed E-state index contributed by atoms with van der Waals surface area (Å²) < 4.78 is 7.93. The second-order valence-electron chi connectivity index (χ2n) is 4.52. The van der Waals surface area contributed by atoms with Gasteiger partial charge in [0.2, 0.25) is 0 Å². The van der Waals surface area contributed by atoms with Crippen molar-refractivity contribution in [2.45, 2.75) is 26.6 Å². The molecule has 0 amide bonds. The third kappa shape index (κ3) is 3.93. The van der Waals surface area contributed by atoms with E-state index in [1.807, 2.05) is 13.8 Å². The number of aromatic nitrogens is 2. The van der Waals surface area contributed by atoms with Crippen molar-refractivity contribution < 1.29 is 4.74 Å². The van der Waals surface area contributed by atoms with Gasteiger partial charge >= 0.3 is 5.69 Å². The maximum absolute atomic E-state index is 12.1. The van der Waals surface area contributed by atoms with Gasteiger partial charge in [-0.05, 0) is 19.4 Å². The first-order valence-electron chi connectivity index (χ1n) is 6.35. The van der Waals surface area contributed by atoms with Crippen LogP contribution in [0.15, 0.2) is 58.8 Å². The summed E-state index contributed by atoms with van der Waals surface area (Å²) in [6, 6.07) is 1.34. The van der Waals surface area contributed by atoms with E-state index in [-0.39, 0.29) is 30.6 Å². The monoisotopic (exact) mass is 276 g/mol. The Labute approximate surface area is 118 Å². The minimum Gasteiger partial charge on any atom is -0.356 e. The van der Waals surface area contributed by atoms with Gasteiger partial charge in [0.15, 0.2) is 0 Å². The SMILES string of the molecule is C=C/C=C(\C=C)COCn1c(=O)ccn(C(C)C)c1=O. The third-order valence-corrected chi connectivity index (χ3v) is 2.74. The molecule has 0 atom stereocenters. The van der Waals surface area contributed by atoms with E-state index in [0.29, 0.717) is 0 Å². The number of ether oxygens (including phenoxy) is 1. The van der Waals surface area contributed by atoms with Crippen LogP contribution >= 0.6 is 0 Å². The minimum absolute atomic E-state index is 0.0150. The smallest absolute Gasteiger partial charge is 0.333 e.